The van der Waals surface area contributed by atoms with Gasteiger partial charge in [0.25, 0.3) is 0 Å². The summed E-state index contributed by atoms with van der Waals surface area (Å²) in [6.45, 7) is 0. The molecule has 0 saturated heterocycles. The maximum Gasteiger partial charge on any atom is 0.0540 e. The quantitative estimate of drug-likeness (QED) is 0.165. The van der Waals surface area contributed by atoms with Crippen molar-refractivity contribution in [2.24, 2.45) is 0 Å². The molecule has 0 saturated carbocycles. The zero-order valence-corrected chi connectivity index (χ0v) is 30.1. The second-order valence-corrected chi connectivity index (χ2v) is 15.5. The fourth-order valence-corrected chi connectivity index (χ4v) is 10.3. The summed E-state index contributed by atoms with van der Waals surface area (Å²) in [6, 6.07) is 69.6. The molecule has 1 aromatic heterocycles. The van der Waals surface area contributed by atoms with Crippen molar-refractivity contribution in [3.8, 4) is 11.1 Å². The fourth-order valence-electron chi connectivity index (χ4n) is 9.16. The molecule has 12 aromatic rings. The molecule has 250 valence electrons. The van der Waals surface area contributed by atoms with E-state index in [1.54, 1.807) is 0 Å². The van der Waals surface area contributed by atoms with Gasteiger partial charge < -0.3 is 4.90 Å². The van der Waals surface area contributed by atoms with Gasteiger partial charge >= 0.3 is 0 Å². The van der Waals surface area contributed by atoms with Gasteiger partial charge in [0.1, 0.15) is 0 Å². The lowest BCUT2D eigenvalue weighted by molar-refractivity contribution is 1.30. The van der Waals surface area contributed by atoms with E-state index in [-0.39, 0.29) is 0 Å². The molecule has 1 nitrogen and oxygen atoms in total. The summed E-state index contributed by atoms with van der Waals surface area (Å²) in [4.78, 5) is 2.39. The molecule has 0 bridgehead atoms. The summed E-state index contributed by atoms with van der Waals surface area (Å²) in [5, 5.41) is 18.3. The third-order valence-corrected chi connectivity index (χ3v) is 12.7. The lowest BCUT2D eigenvalue weighted by Gasteiger charge is -2.27. The van der Waals surface area contributed by atoms with E-state index in [0.717, 1.165) is 11.4 Å². The first-order valence-corrected chi connectivity index (χ1v) is 19.4. The van der Waals surface area contributed by atoms with Crippen molar-refractivity contribution in [1.29, 1.82) is 0 Å². The van der Waals surface area contributed by atoms with Crippen LogP contribution in [0, 0.1) is 0 Å². The van der Waals surface area contributed by atoms with E-state index in [2.05, 4.69) is 193 Å². The Labute approximate surface area is 315 Å². The van der Waals surface area contributed by atoms with E-state index in [1.807, 2.05) is 11.3 Å². The Morgan fingerprint density at radius 1 is 0.315 bits per heavy atom. The molecule has 1 heterocycles. The highest BCUT2D eigenvalue weighted by atomic mass is 32.1. The maximum atomic E-state index is 2.44. The van der Waals surface area contributed by atoms with E-state index >= 15 is 0 Å². The van der Waals surface area contributed by atoms with Gasteiger partial charge in [-0.2, -0.15) is 0 Å². The van der Waals surface area contributed by atoms with Gasteiger partial charge in [-0.3, -0.25) is 0 Å². The van der Waals surface area contributed by atoms with E-state index in [4.69, 9.17) is 0 Å². The van der Waals surface area contributed by atoms with Crippen molar-refractivity contribution >= 4 is 113 Å². The van der Waals surface area contributed by atoms with Gasteiger partial charge in [0.05, 0.1) is 5.69 Å². The number of para-hydroxylation sites is 2. The highest BCUT2D eigenvalue weighted by Gasteiger charge is 2.20. The second kappa shape index (κ2) is 11.4. The maximum absolute atomic E-state index is 2.44. The Morgan fingerprint density at radius 3 is 1.48 bits per heavy atom. The van der Waals surface area contributed by atoms with Crippen LogP contribution in [0.3, 0.4) is 0 Å². The minimum absolute atomic E-state index is 1.14. The highest BCUT2D eigenvalue weighted by Crippen LogP contribution is 2.47. The number of hydrogen-bond donors (Lipinski definition) is 0. The average Bonchev–Trinajstić information content (AvgIpc) is 3.60. The molecule has 0 unspecified atom stereocenters. The van der Waals surface area contributed by atoms with Gasteiger partial charge in [-0.05, 0) is 119 Å². The van der Waals surface area contributed by atoms with Crippen LogP contribution in [0.1, 0.15) is 0 Å². The molecule has 11 aromatic carbocycles. The van der Waals surface area contributed by atoms with Gasteiger partial charge in [-0.25, -0.2) is 0 Å². The largest absolute Gasteiger partial charge is 0.310 e. The summed E-state index contributed by atoms with van der Waals surface area (Å²) in [7, 11) is 0. The second-order valence-electron chi connectivity index (χ2n) is 14.4. The highest BCUT2D eigenvalue weighted by molar-refractivity contribution is 7.26. The number of rotatable bonds is 4. The van der Waals surface area contributed by atoms with Gasteiger partial charge in [-0.1, -0.05) is 140 Å². The first kappa shape index (κ1) is 29.8. The molecule has 0 fully saturated rings. The Balaban J connectivity index is 1.06. The van der Waals surface area contributed by atoms with Crippen LogP contribution < -0.4 is 4.90 Å². The SMILES string of the molecule is c1ccc(N(c2ccccc2)c2ccc3ccc4c(-c5ccc6c(c5)sc5cc7c8ccccc8c8ccccc8c7cc56)ccc5ccc2c3c54)cc1. The van der Waals surface area contributed by atoms with Crippen molar-refractivity contribution in [2.75, 3.05) is 4.90 Å². The zero-order chi connectivity index (χ0) is 35.3. The molecule has 2 heteroatoms. The molecule has 0 aliphatic rings. The summed E-state index contributed by atoms with van der Waals surface area (Å²) in [5.74, 6) is 0. The standard InChI is InChI=1S/C52H31NS/c1-3-11-35(12-4-1)53(36-13-5-2-6-14-36)48-28-23-33-20-26-43-37(24-19-32-21-27-44(48)52(33)51(32)43)34-22-25-42-47-30-45-40-17-9-7-15-38(40)39-16-8-10-18-41(39)46(45)31-50(47)54-49(42)29-34/h1-31H. The number of benzene rings is 11. The molecule has 12 rings (SSSR count). The van der Waals surface area contributed by atoms with Crippen molar-refractivity contribution in [1.82, 2.24) is 0 Å². The normalized spacial score (nSPS) is 12.1. The molecule has 0 atom stereocenters. The van der Waals surface area contributed by atoms with Crippen LogP contribution in [0.4, 0.5) is 17.1 Å². The fraction of sp³-hybridized carbons (Fsp3) is 0. The minimum atomic E-state index is 1.14. The summed E-state index contributed by atoms with van der Waals surface area (Å²) >= 11 is 1.91. The van der Waals surface area contributed by atoms with Crippen LogP contribution in [-0.2, 0) is 0 Å². The lowest BCUT2D eigenvalue weighted by atomic mass is 9.89. The van der Waals surface area contributed by atoms with Gasteiger partial charge in [0.15, 0.2) is 0 Å². The molecular formula is C52H31NS. The molecular weight excluding hydrogens is 671 g/mol. The van der Waals surface area contributed by atoms with Crippen LogP contribution in [0.2, 0.25) is 0 Å². The number of fused-ring (bicyclic) bond motifs is 9. The van der Waals surface area contributed by atoms with Gasteiger partial charge in [-0.15, -0.1) is 11.3 Å². The third-order valence-electron chi connectivity index (χ3n) is 11.6. The van der Waals surface area contributed by atoms with E-state index in [1.165, 1.54) is 102 Å². The molecule has 0 spiro atoms. The van der Waals surface area contributed by atoms with Crippen molar-refractivity contribution in [2.45, 2.75) is 0 Å². The predicted molar refractivity (Wildman–Crippen MR) is 236 cm³/mol. The van der Waals surface area contributed by atoms with Crippen molar-refractivity contribution in [3.63, 3.8) is 0 Å². The molecule has 0 aliphatic carbocycles. The zero-order valence-electron chi connectivity index (χ0n) is 29.3. The average molecular weight is 702 g/mol. The summed E-state index contributed by atoms with van der Waals surface area (Å²) < 4.78 is 2.65. The van der Waals surface area contributed by atoms with Crippen molar-refractivity contribution < 1.29 is 0 Å². The molecule has 0 amide bonds. The third kappa shape index (κ3) is 4.26. The van der Waals surface area contributed by atoms with Crippen LogP contribution in [-0.4, -0.2) is 0 Å². The lowest BCUT2D eigenvalue weighted by Crippen LogP contribution is -2.10. The molecule has 0 radical (unpaired) electrons. The van der Waals surface area contributed by atoms with Crippen LogP contribution in [0.25, 0.3) is 95.9 Å². The van der Waals surface area contributed by atoms with Crippen LogP contribution >= 0.6 is 11.3 Å². The molecule has 0 aliphatic heterocycles. The number of nitrogens with zero attached hydrogens (tertiary/aromatic N) is 1. The minimum Gasteiger partial charge on any atom is -0.310 e. The molecule has 54 heavy (non-hydrogen) atoms. The van der Waals surface area contributed by atoms with E-state index in [9.17, 15) is 0 Å². The van der Waals surface area contributed by atoms with Crippen LogP contribution in [0.5, 0.6) is 0 Å². The summed E-state index contributed by atoms with van der Waals surface area (Å²) in [6.07, 6.45) is 0. The van der Waals surface area contributed by atoms with E-state index < -0.39 is 0 Å². The molecule has 0 N–H and O–H groups in total. The van der Waals surface area contributed by atoms with Gasteiger partial charge in [0.2, 0.25) is 0 Å². The topological polar surface area (TPSA) is 3.24 Å². The number of anilines is 3. The Morgan fingerprint density at radius 2 is 0.815 bits per heavy atom. The smallest absolute Gasteiger partial charge is 0.0540 e. The number of thiophene rings is 1. The van der Waals surface area contributed by atoms with E-state index in [0.29, 0.717) is 0 Å². The Hall–Kier alpha value is -6.74. The Kier molecular flexibility index (Phi) is 6.28. The van der Waals surface area contributed by atoms with Gasteiger partial charge in [0, 0.05) is 36.9 Å². The first-order valence-electron chi connectivity index (χ1n) is 18.6. The summed E-state index contributed by atoms with van der Waals surface area (Å²) in [5.41, 5.74) is 5.99. The predicted octanol–water partition coefficient (Wildman–Crippen LogP) is 15.5. The van der Waals surface area contributed by atoms with Crippen molar-refractivity contribution in [3.05, 3.63) is 188 Å². The Bertz CT molecular complexity index is 3390. The monoisotopic (exact) mass is 701 g/mol. The van der Waals surface area contributed by atoms with Crippen LogP contribution in [0.15, 0.2) is 188 Å². The first-order chi connectivity index (χ1) is 26.8. The number of hydrogen-bond acceptors (Lipinski definition) is 2.